The molecule has 4 aromatic heterocycles. The van der Waals surface area contributed by atoms with E-state index in [0.29, 0.717) is 47.0 Å². The van der Waals surface area contributed by atoms with Gasteiger partial charge in [0.1, 0.15) is 23.4 Å². The van der Waals surface area contributed by atoms with Crippen LogP contribution in [0.5, 0.6) is 0 Å². The predicted octanol–water partition coefficient (Wildman–Crippen LogP) is 6.62. The molecule has 2 aliphatic rings. The van der Waals surface area contributed by atoms with E-state index in [1.807, 2.05) is 60.7 Å². The number of carbonyl (C=O) groups is 3. The van der Waals surface area contributed by atoms with Crippen LogP contribution in [0.2, 0.25) is 0 Å². The summed E-state index contributed by atoms with van der Waals surface area (Å²) < 4.78 is 13.8. The Labute approximate surface area is 357 Å². The van der Waals surface area contributed by atoms with E-state index in [0.717, 1.165) is 32.9 Å². The first-order valence-electron chi connectivity index (χ1n) is 20.6. The lowest BCUT2D eigenvalue weighted by atomic mass is 9.84. The zero-order valence-corrected chi connectivity index (χ0v) is 35.9. The Hall–Kier alpha value is -6.51. The number of carboxylic acid groups (broad SMARTS) is 1. The van der Waals surface area contributed by atoms with E-state index < -0.39 is 46.7 Å². The molecule has 3 N–H and O–H groups in total. The summed E-state index contributed by atoms with van der Waals surface area (Å²) in [4.78, 5) is 71.6. The van der Waals surface area contributed by atoms with Crippen LogP contribution in [0, 0.1) is 6.92 Å². The Morgan fingerprint density at radius 2 is 1.21 bits per heavy atom. The molecule has 0 saturated carbocycles. The van der Waals surface area contributed by atoms with Crippen molar-refractivity contribution in [2.75, 3.05) is 0 Å². The molecule has 0 amide bonds. The fraction of sp³-hybridized carbons (Fsp3) is 0.354. The second-order valence-corrected chi connectivity index (χ2v) is 17.0. The van der Waals surface area contributed by atoms with Crippen molar-refractivity contribution in [2.45, 2.75) is 111 Å². The maximum atomic E-state index is 13.6. The van der Waals surface area contributed by atoms with Crippen LogP contribution in [0.4, 0.5) is 0 Å². The van der Waals surface area contributed by atoms with Gasteiger partial charge in [0.2, 0.25) is 0 Å². The van der Waals surface area contributed by atoms with Crippen molar-refractivity contribution in [3.63, 3.8) is 0 Å². The van der Waals surface area contributed by atoms with E-state index in [4.69, 9.17) is 19.4 Å². The Morgan fingerprint density at radius 3 is 1.69 bits per heavy atom. The molecule has 14 heteroatoms. The molecule has 0 bridgehead atoms. The molecule has 2 aromatic carbocycles. The summed E-state index contributed by atoms with van der Waals surface area (Å²) in [5.74, 6) is -2.25. The minimum absolute atomic E-state index is 0.134. The van der Waals surface area contributed by atoms with Crippen molar-refractivity contribution >= 4 is 39.7 Å². The van der Waals surface area contributed by atoms with Gasteiger partial charge in [-0.3, -0.25) is 24.0 Å². The van der Waals surface area contributed by atoms with E-state index in [9.17, 15) is 39.3 Å². The Bertz CT molecular complexity index is 2930. The van der Waals surface area contributed by atoms with E-state index in [2.05, 4.69) is 0 Å². The number of ether oxygens (including phenoxy) is 2. The quantitative estimate of drug-likeness (QED) is 0.125. The number of para-hydroxylation sites is 2. The van der Waals surface area contributed by atoms with Crippen LogP contribution in [0.25, 0.3) is 44.6 Å². The number of rotatable bonds is 10. The number of pyridine rings is 4. The number of hydrogen-bond acceptors (Lipinski definition) is 11. The smallest absolute Gasteiger partial charge is 0.309 e. The van der Waals surface area contributed by atoms with Crippen molar-refractivity contribution in [1.29, 1.82) is 0 Å². The first-order valence-corrected chi connectivity index (χ1v) is 20.6. The van der Waals surface area contributed by atoms with Gasteiger partial charge < -0.3 is 33.9 Å². The molecule has 2 unspecified atom stereocenters. The highest BCUT2D eigenvalue weighted by molar-refractivity contribution is 5.85. The van der Waals surface area contributed by atoms with E-state index in [1.165, 1.54) is 6.92 Å². The summed E-state index contributed by atoms with van der Waals surface area (Å²) >= 11 is 0. The second kappa shape index (κ2) is 16.4. The zero-order chi connectivity index (χ0) is 44.9. The summed E-state index contributed by atoms with van der Waals surface area (Å²) in [6.45, 7) is 12.0. The highest BCUT2D eigenvalue weighted by atomic mass is 16.6. The highest BCUT2D eigenvalue weighted by Crippen LogP contribution is 2.39. The molecule has 8 rings (SSSR count). The molecule has 0 spiro atoms. The first kappa shape index (κ1) is 43.6. The number of esters is 2. The van der Waals surface area contributed by atoms with Gasteiger partial charge >= 0.3 is 17.9 Å². The molecule has 2 aliphatic heterocycles. The minimum atomic E-state index is -1.70. The van der Waals surface area contributed by atoms with Gasteiger partial charge in [-0.25, -0.2) is 9.97 Å². The first-order chi connectivity index (χ1) is 29.3. The third-order valence-electron chi connectivity index (χ3n) is 11.6. The average Bonchev–Trinajstić information content (AvgIpc) is 3.76. The Kier molecular flexibility index (Phi) is 11.5. The van der Waals surface area contributed by atoms with Gasteiger partial charge in [-0.15, -0.1) is 0 Å². The third-order valence-corrected chi connectivity index (χ3v) is 11.6. The Morgan fingerprint density at radius 1 is 0.726 bits per heavy atom. The van der Waals surface area contributed by atoms with E-state index in [1.54, 1.807) is 62.8 Å². The van der Waals surface area contributed by atoms with E-state index in [-0.39, 0.29) is 42.6 Å². The summed E-state index contributed by atoms with van der Waals surface area (Å²) in [5, 5.41) is 33.8. The number of aliphatic hydroxyl groups is 2. The number of fused-ring (bicyclic) bond motifs is 8. The normalized spacial score (nSPS) is 14.4. The molecule has 0 saturated heterocycles. The lowest BCUT2D eigenvalue weighted by Crippen LogP contribution is -2.37. The van der Waals surface area contributed by atoms with Crippen molar-refractivity contribution in [2.24, 2.45) is 0 Å². The molecule has 62 heavy (non-hydrogen) atoms. The van der Waals surface area contributed by atoms with Crippen LogP contribution in [-0.2, 0) is 54.8 Å². The monoisotopic (exact) mass is 842 g/mol. The summed E-state index contributed by atoms with van der Waals surface area (Å²) in [6, 6.07) is 22.9. The molecule has 0 aliphatic carbocycles. The summed E-state index contributed by atoms with van der Waals surface area (Å²) in [7, 11) is 0. The maximum Gasteiger partial charge on any atom is 0.309 e. The average molecular weight is 843 g/mol. The van der Waals surface area contributed by atoms with Crippen molar-refractivity contribution < 1.29 is 39.2 Å². The number of benzene rings is 2. The topological polar surface area (TPSA) is 200 Å². The van der Waals surface area contributed by atoms with Crippen molar-refractivity contribution in [3.8, 4) is 22.8 Å². The number of carboxylic acids is 1. The van der Waals surface area contributed by atoms with Gasteiger partial charge in [0.05, 0.1) is 65.3 Å². The largest absolute Gasteiger partial charge is 0.481 e. The van der Waals surface area contributed by atoms with Crippen LogP contribution >= 0.6 is 0 Å². The molecule has 2 atom stereocenters. The van der Waals surface area contributed by atoms with Gasteiger partial charge in [-0.1, -0.05) is 50.2 Å². The molecule has 6 aromatic rings. The van der Waals surface area contributed by atoms with Crippen LogP contribution in [-0.4, -0.2) is 57.9 Å². The van der Waals surface area contributed by atoms with Crippen LogP contribution in [0.15, 0.2) is 82.4 Å². The summed E-state index contributed by atoms with van der Waals surface area (Å²) in [6.07, 6.45) is -0.471. The second-order valence-electron chi connectivity index (χ2n) is 17.0. The molecular formula is C48H50N4O10. The SMILES string of the molecule is CCC(O)(CC(=O)O)c1cc2n(c(=O)c1C)Cc1cc3ccccc3nc1-2.CCC(O)(CC(=O)OC(C)(C)C)c1cc2n(c(=O)c1COC(C)=O)Cc1cc3ccccc3nc1-2. The van der Waals surface area contributed by atoms with Gasteiger partial charge in [0, 0.05) is 34.4 Å². The molecule has 0 radical (unpaired) electrons. The van der Waals surface area contributed by atoms with Crippen LogP contribution < -0.4 is 11.1 Å². The molecule has 14 nitrogen and oxygen atoms in total. The zero-order valence-electron chi connectivity index (χ0n) is 35.9. The van der Waals surface area contributed by atoms with Crippen molar-refractivity contribution in [3.05, 3.63) is 127 Å². The predicted molar refractivity (Wildman–Crippen MR) is 232 cm³/mol. The lowest BCUT2D eigenvalue weighted by molar-refractivity contribution is -0.161. The van der Waals surface area contributed by atoms with Gasteiger partial charge in [-0.2, -0.15) is 0 Å². The molecule has 6 heterocycles. The molecule has 0 fully saturated rings. The minimum Gasteiger partial charge on any atom is -0.481 e. The highest BCUT2D eigenvalue weighted by Gasteiger charge is 2.39. The lowest BCUT2D eigenvalue weighted by Gasteiger charge is -2.30. The summed E-state index contributed by atoms with van der Waals surface area (Å²) in [5.41, 5.74) is 2.46. The number of carbonyl (C=O) groups excluding carboxylic acids is 2. The van der Waals surface area contributed by atoms with Crippen LogP contribution in [0.3, 0.4) is 0 Å². The molecule has 322 valence electrons. The standard InChI is InChI=1S/C27H30N2O6.C21H20N2O4/c1-6-27(33,13-23(31)35-26(3,4)5)20-12-22-24-18(11-17-9-7-8-10-21(17)28-24)14-29(22)25(32)19(20)15-34-16(2)30;1-3-21(27,10-18(24)25)15-9-17-19-14(11-23(17)20(26)12(15)2)8-13-6-4-5-7-16(13)22-19/h7-12,33H,6,13-15H2,1-5H3;4-9,27H,3,10-11H2,1-2H3,(H,24,25). The fourth-order valence-electron chi connectivity index (χ4n) is 8.39. The third kappa shape index (κ3) is 8.27. The van der Waals surface area contributed by atoms with Crippen molar-refractivity contribution in [1.82, 2.24) is 19.1 Å². The van der Waals surface area contributed by atoms with Gasteiger partial charge in [0.15, 0.2) is 0 Å². The van der Waals surface area contributed by atoms with Gasteiger partial charge in [-0.05, 0) is 88.1 Å². The molecular weight excluding hydrogens is 793 g/mol. The number of aromatic nitrogens is 4. The van der Waals surface area contributed by atoms with Crippen LogP contribution in [0.1, 0.15) is 101 Å². The number of hydrogen-bond donors (Lipinski definition) is 3. The van der Waals surface area contributed by atoms with E-state index >= 15 is 0 Å². The number of nitrogens with zero attached hydrogens (tertiary/aromatic N) is 4. The fourth-order valence-corrected chi connectivity index (χ4v) is 8.39. The maximum absolute atomic E-state index is 13.6. The number of aliphatic carboxylic acids is 1. The van der Waals surface area contributed by atoms with Gasteiger partial charge in [0.25, 0.3) is 11.1 Å². The Balaban J connectivity index is 0.000000192.